The normalized spacial score (nSPS) is 12.3. The summed E-state index contributed by atoms with van der Waals surface area (Å²) in [6.07, 6.45) is 0.815. The minimum absolute atomic E-state index is 0.118. The number of aliphatic hydroxyl groups excluding tert-OH is 1. The molecular weight excluding hydrogens is 258 g/mol. The van der Waals surface area contributed by atoms with Crippen molar-refractivity contribution >= 4 is 21.4 Å². The van der Waals surface area contributed by atoms with Crippen LogP contribution in [0.5, 0.6) is 0 Å². The molecule has 1 rings (SSSR count). The predicted molar refractivity (Wildman–Crippen MR) is 69.6 cm³/mol. The van der Waals surface area contributed by atoms with E-state index in [-0.39, 0.29) is 11.5 Å². The average molecular weight is 277 g/mol. The van der Waals surface area contributed by atoms with Crippen LogP contribution in [0.1, 0.15) is 30.0 Å². The fourth-order valence-electron chi connectivity index (χ4n) is 1.43. The van der Waals surface area contributed by atoms with Gasteiger partial charge in [-0.05, 0) is 25.3 Å². The predicted octanol–water partition coefficient (Wildman–Crippen LogP) is 1.87. The Kier molecular flexibility index (Phi) is 5.12. The number of hydrogen-bond acceptors (Lipinski definition) is 4. The van der Waals surface area contributed by atoms with E-state index in [4.69, 9.17) is 5.11 Å². The van der Waals surface area contributed by atoms with Gasteiger partial charge >= 0.3 is 0 Å². The standard InChI is InChI=1S/C11H19NO3S2/c1-8(2)4-5-12-17(14,15)11-6-10(7-13)16-9(11)3/h6,8,12-13H,4-5,7H2,1-3H3. The van der Waals surface area contributed by atoms with Crippen molar-refractivity contribution in [1.82, 2.24) is 4.72 Å². The fraction of sp³-hybridized carbons (Fsp3) is 0.636. The molecule has 0 unspecified atom stereocenters. The number of nitrogens with one attached hydrogen (secondary N) is 1. The Morgan fingerprint density at radius 2 is 2.12 bits per heavy atom. The largest absolute Gasteiger partial charge is 0.391 e. The van der Waals surface area contributed by atoms with Crippen LogP contribution in [0.3, 0.4) is 0 Å². The molecule has 4 nitrogen and oxygen atoms in total. The highest BCUT2D eigenvalue weighted by Crippen LogP contribution is 2.25. The summed E-state index contributed by atoms with van der Waals surface area (Å²) in [5.41, 5.74) is 0. The molecular formula is C11H19NO3S2. The van der Waals surface area contributed by atoms with Crippen molar-refractivity contribution in [2.45, 2.75) is 38.7 Å². The van der Waals surface area contributed by atoms with Gasteiger partial charge in [-0.15, -0.1) is 11.3 Å². The zero-order valence-corrected chi connectivity index (χ0v) is 12.0. The van der Waals surface area contributed by atoms with Gasteiger partial charge in [0.2, 0.25) is 10.0 Å². The second kappa shape index (κ2) is 5.95. The highest BCUT2D eigenvalue weighted by atomic mass is 32.2. The molecule has 98 valence electrons. The van der Waals surface area contributed by atoms with E-state index in [1.54, 1.807) is 6.92 Å². The number of aliphatic hydroxyl groups is 1. The van der Waals surface area contributed by atoms with Crippen molar-refractivity contribution in [2.24, 2.45) is 5.92 Å². The van der Waals surface area contributed by atoms with E-state index in [1.165, 1.54) is 17.4 Å². The van der Waals surface area contributed by atoms with E-state index in [0.29, 0.717) is 22.2 Å². The van der Waals surface area contributed by atoms with Crippen molar-refractivity contribution in [3.63, 3.8) is 0 Å². The van der Waals surface area contributed by atoms with Gasteiger partial charge in [0.05, 0.1) is 11.5 Å². The quantitative estimate of drug-likeness (QED) is 0.834. The first-order valence-electron chi connectivity index (χ1n) is 5.56. The second-order valence-corrected chi connectivity index (χ2v) is 7.45. The number of aryl methyl sites for hydroxylation is 1. The third-order valence-corrected chi connectivity index (χ3v) is 5.13. The van der Waals surface area contributed by atoms with E-state index >= 15 is 0 Å². The summed E-state index contributed by atoms with van der Waals surface area (Å²) >= 11 is 1.31. The molecule has 0 saturated heterocycles. The Balaban J connectivity index is 2.78. The molecule has 6 heteroatoms. The molecule has 0 aromatic carbocycles. The molecule has 0 aliphatic heterocycles. The van der Waals surface area contributed by atoms with Gasteiger partial charge in [0.15, 0.2) is 0 Å². The van der Waals surface area contributed by atoms with Crippen LogP contribution < -0.4 is 4.72 Å². The highest BCUT2D eigenvalue weighted by molar-refractivity contribution is 7.89. The highest BCUT2D eigenvalue weighted by Gasteiger charge is 2.19. The Hall–Kier alpha value is -0.430. The van der Waals surface area contributed by atoms with E-state index < -0.39 is 10.0 Å². The maximum Gasteiger partial charge on any atom is 0.241 e. The van der Waals surface area contributed by atoms with Crippen molar-refractivity contribution < 1.29 is 13.5 Å². The van der Waals surface area contributed by atoms with Gasteiger partial charge in [0, 0.05) is 16.3 Å². The van der Waals surface area contributed by atoms with Crippen molar-refractivity contribution in [2.75, 3.05) is 6.54 Å². The number of rotatable bonds is 6. The van der Waals surface area contributed by atoms with E-state index in [0.717, 1.165) is 6.42 Å². The van der Waals surface area contributed by atoms with Crippen LogP contribution in [0, 0.1) is 12.8 Å². The zero-order chi connectivity index (χ0) is 13.1. The lowest BCUT2D eigenvalue weighted by molar-refractivity contribution is 0.285. The lowest BCUT2D eigenvalue weighted by Gasteiger charge is -2.07. The van der Waals surface area contributed by atoms with Gasteiger partial charge in [-0.1, -0.05) is 13.8 Å². The minimum Gasteiger partial charge on any atom is -0.391 e. The molecule has 0 saturated carbocycles. The summed E-state index contributed by atoms with van der Waals surface area (Å²) in [6, 6.07) is 1.54. The fourth-order valence-corrected chi connectivity index (χ4v) is 3.97. The summed E-state index contributed by atoms with van der Waals surface area (Å²) in [7, 11) is -3.43. The number of thiophene rings is 1. The Morgan fingerprint density at radius 3 is 2.59 bits per heavy atom. The lowest BCUT2D eigenvalue weighted by Crippen LogP contribution is -2.25. The average Bonchev–Trinajstić information content (AvgIpc) is 2.59. The summed E-state index contributed by atoms with van der Waals surface area (Å²) in [4.78, 5) is 1.67. The van der Waals surface area contributed by atoms with Crippen LogP contribution >= 0.6 is 11.3 Å². The van der Waals surface area contributed by atoms with Crippen molar-refractivity contribution in [3.05, 3.63) is 15.8 Å². The Labute approximate surface area is 107 Å². The molecule has 1 heterocycles. The van der Waals surface area contributed by atoms with Gasteiger partial charge in [-0.2, -0.15) is 0 Å². The summed E-state index contributed by atoms with van der Waals surface area (Å²) < 4.78 is 26.5. The van der Waals surface area contributed by atoms with Gasteiger partial charge in [-0.3, -0.25) is 0 Å². The SMILES string of the molecule is Cc1sc(CO)cc1S(=O)(=O)NCCC(C)C. The molecule has 1 aromatic heterocycles. The maximum atomic E-state index is 12.0. The Morgan fingerprint density at radius 1 is 1.47 bits per heavy atom. The lowest BCUT2D eigenvalue weighted by atomic mass is 10.1. The van der Waals surface area contributed by atoms with Crippen LogP contribution in [0.4, 0.5) is 0 Å². The van der Waals surface area contributed by atoms with Crippen LogP contribution in [0.25, 0.3) is 0 Å². The van der Waals surface area contributed by atoms with Gasteiger partial charge in [-0.25, -0.2) is 13.1 Å². The van der Waals surface area contributed by atoms with Crippen molar-refractivity contribution in [1.29, 1.82) is 0 Å². The summed E-state index contributed by atoms with van der Waals surface area (Å²) in [5.74, 6) is 0.467. The molecule has 1 aromatic rings. The molecule has 0 fully saturated rings. The zero-order valence-electron chi connectivity index (χ0n) is 10.4. The van der Waals surface area contributed by atoms with E-state index in [9.17, 15) is 8.42 Å². The molecule has 0 aliphatic rings. The van der Waals surface area contributed by atoms with Crippen LogP contribution in [0.15, 0.2) is 11.0 Å². The Bertz CT molecular complexity index is 463. The van der Waals surface area contributed by atoms with E-state index in [2.05, 4.69) is 4.72 Å². The van der Waals surface area contributed by atoms with E-state index in [1.807, 2.05) is 13.8 Å². The monoisotopic (exact) mass is 277 g/mol. The summed E-state index contributed by atoms with van der Waals surface area (Å²) in [6.45, 7) is 6.18. The molecule has 0 aliphatic carbocycles. The van der Waals surface area contributed by atoms with Gasteiger partial charge < -0.3 is 5.11 Å². The first-order valence-corrected chi connectivity index (χ1v) is 7.86. The van der Waals surface area contributed by atoms with Gasteiger partial charge in [0.25, 0.3) is 0 Å². The smallest absolute Gasteiger partial charge is 0.241 e. The molecule has 2 N–H and O–H groups in total. The third-order valence-electron chi connectivity index (χ3n) is 2.38. The molecule has 0 radical (unpaired) electrons. The molecule has 0 atom stereocenters. The van der Waals surface area contributed by atoms with Gasteiger partial charge in [0.1, 0.15) is 0 Å². The number of hydrogen-bond donors (Lipinski definition) is 2. The van der Waals surface area contributed by atoms with Crippen LogP contribution in [-0.4, -0.2) is 20.1 Å². The molecule has 0 bridgehead atoms. The maximum absolute atomic E-state index is 12.0. The molecule has 0 spiro atoms. The molecule has 17 heavy (non-hydrogen) atoms. The van der Waals surface area contributed by atoms with Crippen LogP contribution in [-0.2, 0) is 16.6 Å². The minimum atomic E-state index is -3.43. The summed E-state index contributed by atoms with van der Waals surface area (Å²) in [5, 5.41) is 8.99. The van der Waals surface area contributed by atoms with Crippen molar-refractivity contribution in [3.8, 4) is 0 Å². The first kappa shape index (κ1) is 14.6. The molecule has 0 amide bonds. The first-order chi connectivity index (χ1) is 7.86. The van der Waals surface area contributed by atoms with Crippen LogP contribution in [0.2, 0.25) is 0 Å². The third kappa shape index (κ3) is 4.06. The number of sulfonamides is 1. The second-order valence-electron chi connectivity index (χ2n) is 4.37. The topological polar surface area (TPSA) is 66.4 Å².